The van der Waals surface area contributed by atoms with Gasteiger partial charge in [0.15, 0.2) is 0 Å². The van der Waals surface area contributed by atoms with Crippen LogP contribution in [0.25, 0.3) is 0 Å². The molecule has 11 heavy (non-hydrogen) atoms. The van der Waals surface area contributed by atoms with Gasteiger partial charge in [-0.15, -0.1) is 0 Å². The summed E-state index contributed by atoms with van der Waals surface area (Å²) in [6, 6.07) is 0. The molecule has 0 saturated heterocycles. The molecule has 1 N–H and O–H groups in total. The first-order chi connectivity index (χ1) is 5.33. The lowest BCUT2D eigenvalue weighted by atomic mass is 9.63. The number of hydrogen-bond donors (Lipinski definition) is 1. The minimum Gasteiger partial charge on any atom is -0.396 e. The van der Waals surface area contributed by atoms with Crippen LogP contribution in [0, 0.1) is 23.7 Å². The van der Waals surface area contributed by atoms with Gasteiger partial charge in [0.05, 0.1) is 0 Å². The van der Waals surface area contributed by atoms with E-state index in [1.54, 1.807) is 0 Å². The summed E-state index contributed by atoms with van der Waals surface area (Å²) in [7, 11) is 0. The zero-order chi connectivity index (χ0) is 7.84. The number of hydrogen-bond acceptors (Lipinski definition) is 1. The minimum atomic E-state index is 0.382. The van der Waals surface area contributed by atoms with Crippen LogP contribution >= 0.6 is 0 Å². The smallest absolute Gasteiger partial charge is 0.0467 e. The Kier molecular flexibility index (Phi) is 1.76. The van der Waals surface area contributed by atoms with E-state index in [0.717, 1.165) is 5.92 Å². The second-order valence-corrected chi connectivity index (χ2v) is 4.00. The van der Waals surface area contributed by atoms with E-state index in [1.165, 1.54) is 12.8 Å². The fourth-order valence-electron chi connectivity index (χ4n) is 2.67. The van der Waals surface area contributed by atoms with Gasteiger partial charge in [0.2, 0.25) is 0 Å². The minimum absolute atomic E-state index is 0.382. The van der Waals surface area contributed by atoms with E-state index in [1.807, 2.05) is 0 Å². The van der Waals surface area contributed by atoms with E-state index in [0.29, 0.717) is 24.4 Å². The van der Waals surface area contributed by atoms with Crippen molar-refractivity contribution < 1.29 is 5.11 Å². The first-order valence-electron chi connectivity index (χ1n) is 4.62. The van der Waals surface area contributed by atoms with Crippen molar-refractivity contribution in [2.24, 2.45) is 23.7 Å². The fraction of sp³-hybridized carbons (Fsp3) is 0.800. The molecule has 62 valence electrons. The quantitative estimate of drug-likeness (QED) is 0.568. The molecule has 0 aromatic rings. The predicted octanol–water partition coefficient (Wildman–Crippen LogP) is 1.83. The molecule has 1 saturated carbocycles. The number of aliphatic hydroxyl groups is 1. The van der Waals surface area contributed by atoms with Crippen molar-refractivity contribution in [1.29, 1.82) is 0 Å². The SMILES string of the molecule is C[C@@H]1[C@@H](CO)[C@@H]2C=C[C@@H]1CC2. The lowest BCUT2D eigenvalue weighted by molar-refractivity contribution is 0.0738. The summed E-state index contributed by atoms with van der Waals surface area (Å²) in [5.74, 6) is 2.71. The maximum Gasteiger partial charge on any atom is 0.0467 e. The average Bonchev–Trinajstić information content (AvgIpc) is 2.06. The highest BCUT2D eigenvalue weighted by molar-refractivity contribution is 5.08. The van der Waals surface area contributed by atoms with Crippen LogP contribution in [0.15, 0.2) is 12.2 Å². The molecule has 4 atom stereocenters. The molecule has 1 fully saturated rings. The third-order valence-corrected chi connectivity index (χ3v) is 3.55. The first kappa shape index (κ1) is 7.35. The van der Waals surface area contributed by atoms with Crippen LogP contribution in [0.3, 0.4) is 0 Å². The molecule has 0 spiro atoms. The number of aliphatic hydroxyl groups excluding tert-OH is 1. The third-order valence-electron chi connectivity index (χ3n) is 3.55. The Hall–Kier alpha value is -0.300. The Labute approximate surface area is 68.1 Å². The van der Waals surface area contributed by atoms with E-state index in [-0.39, 0.29) is 0 Å². The standard InChI is InChI=1S/C10H16O/c1-7-8-2-4-9(5-3-8)10(7)6-11/h2,4,7-11H,3,5-6H2,1H3/t7-,8+,9+,10+/m0/s1. The van der Waals surface area contributed by atoms with Crippen molar-refractivity contribution >= 4 is 0 Å². The van der Waals surface area contributed by atoms with Gasteiger partial charge >= 0.3 is 0 Å². The maximum absolute atomic E-state index is 9.15. The Morgan fingerprint density at radius 3 is 2.27 bits per heavy atom. The van der Waals surface area contributed by atoms with Crippen molar-refractivity contribution in [2.45, 2.75) is 19.8 Å². The molecule has 1 heteroatoms. The van der Waals surface area contributed by atoms with Crippen LogP contribution in [0.1, 0.15) is 19.8 Å². The van der Waals surface area contributed by atoms with E-state index in [2.05, 4.69) is 19.1 Å². The monoisotopic (exact) mass is 152 g/mol. The Balaban J connectivity index is 2.19. The van der Waals surface area contributed by atoms with Crippen LogP contribution in [0.2, 0.25) is 0 Å². The second kappa shape index (κ2) is 2.63. The summed E-state index contributed by atoms with van der Waals surface area (Å²) in [6.07, 6.45) is 7.32. The van der Waals surface area contributed by atoms with Crippen molar-refractivity contribution in [3.05, 3.63) is 12.2 Å². The summed E-state index contributed by atoms with van der Waals surface area (Å²) >= 11 is 0. The fourth-order valence-corrected chi connectivity index (χ4v) is 2.67. The highest BCUT2D eigenvalue weighted by Crippen LogP contribution is 2.43. The lowest BCUT2D eigenvalue weighted by Gasteiger charge is -2.42. The largest absolute Gasteiger partial charge is 0.396 e. The third kappa shape index (κ3) is 1.02. The van der Waals surface area contributed by atoms with Crippen LogP contribution < -0.4 is 0 Å². The summed E-state index contributed by atoms with van der Waals surface area (Å²) < 4.78 is 0. The molecule has 0 aromatic carbocycles. The molecule has 3 aliphatic rings. The van der Waals surface area contributed by atoms with Crippen molar-refractivity contribution in [1.82, 2.24) is 0 Å². The predicted molar refractivity (Wildman–Crippen MR) is 45.1 cm³/mol. The first-order valence-corrected chi connectivity index (χ1v) is 4.62. The Morgan fingerprint density at radius 2 is 1.91 bits per heavy atom. The van der Waals surface area contributed by atoms with Crippen LogP contribution in [-0.4, -0.2) is 11.7 Å². The number of allylic oxidation sites excluding steroid dienone is 2. The molecule has 0 amide bonds. The molecule has 0 aliphatic heterocycles. The zero-order valence-corrected chi connectivity index (χ0v) is 7.03. The molecule has 0 unspecified atom stereocenters. The van der Waals surface area contributed by atoms with Gasteiger partial charge in [-0.1, -0.05) is 19.1 Å². The normalized spacial score (nSPS) is 48.2. The van der Waals surface area contributed by atoms with Gasteiger partial charge in [0.25, 0.3) is 0 Å². The lowest BCUT2D eigenvalue weighted by Crippen LogP contribution is -2.37. The second-order valence-electron chi connectivity index (χ2n) is 4.00. The van der Waals surface area contributed by atoms with Gasteiger partial charge in [-0.3, -0.25) is 0 Å². The molecular formula is C10H16O. The van der Waals surface area contributed by atoms with Crippen LogP contribution in [-0.2, 0) is 0 Å². The van der Waals surface area contributed by atoms with Crippen LogP contribution in [0.5, 0.6) is 0 Å². The zero-order valence-electron chi connectivity index (χ0n) is 7.03. The van der Waals surface area contributed by atoms with Gasteiger partial charge in [0.1, 0.15) is 0 Å². The summed E-state index contributed by atoms with van der Waals surface area (Å²) in [6.45, 7) is 2.66. The molecular weight excluding hydrogens is 136 g/mol. The summed E-state index contributed by atoms with van der Waals surface area (Å²) in [4.78, 5) is 0. The molecule has 0 heterocycles. The molecule has 0 radical (unpaired) electrons. The van der Waals surface area contributed by atoms with E-state index in [9.17, 15) is 0 Å². The van der Waals surface area contributed by atoms with Gasteiger partial charge in [-0.25, -0.2) is 0 Å². The van der Waals surface area contributed by atoms with Crippen LogP contribution in [0.4, 0.5) is 0 Å². The highest BCUT2D eigenvalue weighted by atomic mass is 16.3. The average molecular weight is 152 g/mol. The van der Waals surface area contributed by atoms with Gasteiger partial charge in [0, 0.05) is 6.61 Å². The summed E-state index contributed by atoms with van der Waals surface area (Å²) in [5.41, 5.74) is 0. The molecule has 2 bridgehead atoms. The molecule has 3 aliphatic carbocycles. The highest BCUT2D eigenvalue weighted by Gasteiger charge is 2.37. The van der Waals surface area contributed by atoms with Crippen molar-refractivity contribution in [3.63, 3.8) is 0 Å². The summed E-state index contributed by atoms with van der Waals surface area (Å²) in [5, 5.41) is 9.15. The number of rotatable bonds is 1. The molecule has 0 aromatic heterocycles. The van der Waals surface area contributed by atoms with Gasteiger partial charge < -0.3 is 5.11 Å². The molecule has 3 rings (SSSR count). The van der Waals surface area contributed by atoms with E-state index in [4.69, 9.17) is 5.11 Å². The number of fused-ring (bicyclic) bond motifs is 2. The molecule has 1 nitrogen and oxygen atoms in total. The van der Waals surface area contributed by atoms with Crippen molar-refractivity contribution in [3.8, 4) is 0 Å². The Bertz CT molecular complexity index is 174. The van der Waals surface area contributed by atoms with E-state index >= 15 is 0 Å². The van der Waals surface area contributed by atoms with E-state index < -0.39 is 0 Å². The Morgan fingerprint density at radius 1 is 1.27 bits per heavy atom. The topological polar surface area (TPSA) is 20.2 Å². The maximum atomic E-state index is 9.15. The van der Waals surface area contributed by atoms with Gasteiger partial charge in [-0.05, 0) is 36.5 Å². The van der Waals surface area contributed by atoms with Gasteiger partial charge in [-0.2, -0.15) is 0 Å². The van der Waals surface area contributed by atoms with Crippen molar-refractivity contribution in [2.75, 3.05) is 6.61 Å².